The second-order valence-corrected chi connectivity index (χ2v) is 8.01. The molecule has 0 radical (unpaired) electrons. The average Bonchev–Trinajstić information content (AvgIpc) is 2.64. The summed E-state index contributed by atoms with van der Waals surface area (Å²) in [6.45, 7) is 7.05. The molecule has 3 rings (SSSR count). The highest BCUT2D eigenvalue weighted by atomic mass is 16.6. The van der Waals surface area contributed by atoms with E-state index in [9.17, 15) is 4.79 Å². The number of likely N-dealkylation sites (tertiary alicyclic amines) is 1. The van der Waals surface area contributed by atoms with E-state index in [1.54, 1.807) is 6.20 Å². The molecule has 1 fully saturated rings. The van der Waals surface area contributed by atoms with Crippen LogP contribution in [0.3, 0.4) is 0 Å². The second kappa shape index (κ2) is 8.55. The Labute approximate surface area is 160 Å². The fraction of sp³-hybridized carbons (Fsp3) is 0.571. The molecule has 27 heavy (non-hydrogen) atoms. The molecule has 0 aliphatic carbocycles. The Morgan fingerprint density at radius 1 is 1.22 bits per heavy atom. The van der Waals surface area contributed by atoms with Gasteiger partial charge in [-0.15, -0.1) is 0 Å². The Morgan fingerprint density at radius 2 is 2.00 bits per heavy atom. The van der Waals surface area contributed by atoms with Crippen LogP contribution in [0.2, 0.25) is 0 Å². The summed E-state index contributed by atoms with van der Waals surface area (Å²) in [4.78, 5) is 23.2. The molecule has 1 aromatic heterocycles. The van der Waals surface area contributed by atoms with Crippen molar-refractivity contribution in [1.82, 2.24) is 14.9 Å². The van der Waals surface area contributed by atoms with Gasteiger partial charge in [-0.2, -0.15) is 0 Å². The zero-order valence-electron chi connectivity index (χ0n) is 16.5. The van der Waals surface area contributed by atoms with Gasteiger partial charge in [0.15, 0.2) is 0 Å². The van der Waals surface area contributed by atoms with Gasteiger partial charge < -0.3 is 14.4 Å². The summed E-state index contributed by atoms with van der Waals surface area (Å²) in [6, 6.07) is 7.96. The molecule has 1 aliphatic rings. The summed E-state index contributed by atoms with van der Waals surface area (Å²) in [5.41, 5.74) is 1.23. The van der Waals surface area contributed by atoms with Crippen molar-refractivity contribution in [3.05, 3.63) is 30.5 Å². The van der Waals surface area contributed by atoms with Crippen molar-refractivity contribution < 1.29 is 14.3 Å². The number of benzene rings is 1. The van der Waals surface area contributed by atoms with E-state index >= 15 is 0 Å². The minimum Gasteiger partial charge on any atom is -0.477 e. The molecule has 1 aromatic carbocycles. The molecule has 2 aromatic rings. The number of para-hydroxylation sites is 2. The summed E-state index contributed by atoms with van der Waals surface area (Å²) in [5, 5.41) is 0. The molecule has 146 valence electrons. The van der Waals surface area contributed by atoms with Gasteiger partial charge in [-0.25, -0.2) is 14.8 Å². The van der Waals surface area contributed by atoms with Crippen LogP contribution < -0.4 is 4.74 Å². The fourth-order valence-electron chi connectivity index (χ4n) is 3.37. The summed E-state index contributed by atoms with van der Waals surface area (Å²) in [5.74, 6) is 0.543. The van der Waals surface area contributed by atoms with Crippen molar-refractivity contribution in [3.8, 4) is 5.88 Å². The van der Waals surface area contributed by atoms with Crippen LogP contribution in [-0.4, -0.2) is 45.8 Å². The molecule has 2 heterocycles. The molecule has 1 aliphatic heterocycles. The van der Waals surface area contributed by atoms with Gasteiger partial charge in [-0.3, -0.25) is 0 Å². The number of ether oxygens (including phenoxy) is 2. The van der Waals surface area contributed by atoms with Crippen molar-refractivity contribution in [3.63, 3.8) is 0 Å². The molecule has 0 bridgehead atoms. The van der Waals surface area contributed by atoms with Crippen LogP contribution >= 0.6 is 0 Å². The van der Waals surface area contributed by atoms with Crippen LogP contribution in [0.15, 0.2) is 30.5 Å². The first-order valence-corrected chi connectivity index (χ1v) is 9.76. The standard InChI is InChI=1S/C21H29N3O3/c1-21(2,3)27-20(25)24-13-7-6-9-16(24)10-8-14-26-19-15-22-17-11-4-5-12-18(17)23-19/h4-5,11-12,15-16H,6-10,13-14H2,1-3H3/t16-/m1/s1. The number of fused-ring (bicyclic) bond motifs is 1. The maximum Gasteiger partial charge on any atom is 0.410 e. The lowest BCUT2D eigenvalue weighted by Gasteiger charge is -2.36. The third kappa shape index (κ3) is 5.55. The van der Waals surface area contributed by atoms with Crippen LogP contribution in [0.1, 0.15) is 52.9 Å². The molecule has 1 amide bonds. The molecular weight excluding hydrogens is 342 g/mol. The van der Waals surface area contributed by atoms with Gasteiger partial charge >= 0.3 is 6.09 Å². The van der Waals surface area contributed by atoms with E-state index in [0.29, 0.717) is 12.5 Å². The first-order valence-electron chi connectivity index (χ1n) is 9.76. The Kier molecular flexibility index (Phi) is 6.14. The van der Waals surface area contributed by atoms with Crippen LogP contribution in [-0.2, 0) is 4.74 Å². The fourth-order valence-corrected chi connectivity index (χ4v) is 3.37. The minimum atomic E-state index is -0.461. The largest absolute Gasteiger partial charge is 0.477 e. The third-order valence-electron chi connectivity index (χ3n) is 4.61. The van der Waals surface area contributed by atoms with E-state index in [-0.39, 0.29) is 12.1 Å². The van der Waals surface area contributed by atoms with E-state index in [0.717, 1.165) is 49.7 Å². The summed E-state index contributed by atoms with van der Waals surface area (Å²) >= 11 is 0. The Morgan fingerprint density at radius 3 is 2.78 bits per heavy atom. The van der Waals surface area contributed by atoms with Crippen LogP contribution in [0.5, 0.6) is 5.88 Å². The summed E-state index contributed by atoms with van der Waals surface area (Å²) in [6.07, 6.45) is 6.44. The zero-order chi connectivity index (χ0) is 19.3. The molecule has 0 spiro atoms. The maximum absolute atomic E-state index is 12.5. The number of hydrogen-bond acceptors (Lipinski definition) is 5. The Bertz CT molecular complexity index is 773. The maximum atomic E-state index is 12.5. The van der Waals surface area contributed by atoms with Crippen LogP contribution in [0.25, 0.3) is 11.0 Å². The predicted octanol–water partition coefficient (Wildman–Crippen LogP) is 4.58. The second-order valence-electron chi connectivity index (χ2n) is 8.01. The van der Waals surface area contributed by atoms with E-state index in [4.69, 9.17) is 9.47 Å². The summed E-state index contributed by atoms with van der Waals surface area (Å²) in [7, 11) is 0. The summed E-state index contributed by atoms with van der Waals surface area (Å²) < 4.78 is 11.3. The third-order valence-corrected chi connectivity index (χ3v) is 4.61. The lowest BCUT2D eigenvalue weighted by molar-refractivity contribution is 0.00822. The van der Waals surface area contributed by atoms with E-state index in [1.807, 2.05) is 49.9 Å². The van der Waals surface area contributed by atoms with E-state index in [2.05, 4.69) is 9.97 Å². The molecule has 0 unspecified atom stereocenters. The highest BCUT2D eigenvalue weighted by Crippen LogP contribution is 2.23. The van der Waals surface area contributed by atoms with Crippen molar-refractivity contribution in [2.75, 3.05) is 13.2 Å². The molecule has 6 heteroatoms. The first kappa shape index (κ1) is 19.4. The molecule has 1 atom stereocenters. The van der Waals surface area contributed by atoms with Crippen LogP contribution in [0.4, 0.5) is 4.79 Å². The average molecular weight is 371 g/mol. The van der Waals surface area contributed by atoms with Gasteiger partial charge in [0.1, 0.15) is 5.60 Å². The number of hydrogen-bond donors (Lipinski definition) is 0. The van der Waals surface area contributed by atoms with Crippen molar-refractivity contribution in [1.29, 1.82) is 0 Å². The number of carbonyl (C=O) groups excluding carboxylic acids is 1. The quantitative estimate of drug-likeness (QED) is 0.720. The molecule has 0 N–H and O–H groups in total. The molecular formula is C21H29N3O3. The lowest BCUT2D eigenvalue weighted by Crippen LogP contribution is -2.46. The van der Waals surface area contributed by atoms with E-state index in [1.165, 1.54) is 0 Å². The SMILES string of the molecule is CC(C)(C)OC(=O)N1CCCC[C@@H]1CCCOc1cnc2ccccc2n1. The number of nitrogens with zero attached hydrogens (tertiary/aromatic N) is 3. The van der Waals surface area contributed by atoms with Gasteiger partial charge in [0.25, 0.3) is 0 Å². The minimum absolute atomic E-state index is 0.200. The number of aromatic nitrogens is 2. The molecule has 1 saturated heterocycles. The highest BCUT2D eigenvalue weighted by Gasteiger charge is 2.30. The van der Waals surface area contributed by atoms with Crippen molar-refractivity contribution in [2.24, 2.45) is 0 Å². The van der Waals surface area contributed by atoms with Gasteiger partial charge in [0.2, 0.25) is 5.88 Å². The zero-order valence-corrected chi connectivity index (χ0v) is 16.5. The van der Waals surface area contributed by atoms with E-state index < -0.39 is 5.60 Å². The first-order chi connectivity index (χ1) is 12.9. The number of amides is 1. The van der Waals surface area contributed by atoms with Gasteiger partial charge in [-0.05, 0) is 65.0 Å². The molecule has 6 nitrogen and oxygen atoms in total. The van der Waals surface area contributed by atoms with Crippen molar-refractivity contribution >= 4 is 17.1 Å². The highest BCUT2D eigenvalue weighted by molar-refractivity contribution is 5.73. The number of carbonyl (C=O) groups is 1. The van der Waals surface area contributed by atoms with Gasteiger partial charge in [-0.1, -0.05) is 12.1 Å². The number of piperidine rings is 1. The predicted molar refractivity (Wildman–Crippen MR) is 105 cm³/mol. The van der Waals surface area contributed by atoms with Crippen LogP contribution in [0, 0.1) is 0 Å². The van der Waals surface area contributed by atoms with Gasteiger partial charge in [0.05, 0.1) is 23.8 Å². The topological polar surface area (TPSA) is 64.5 Å². The Balaban J connectivity index is 1.49. The Hall–Kier alpha value is -2.37. The monoisotopic (exact) mass is 371 g/mol. The smallest absolute Gasteiger partial charge is 0.410 e. The molecule has 0 saturated carbocycles. The number of rotatable bonds is 5. The van der Waals surface area contributed by atoms with Crippen molar-refractivity contribution in [2.45, 2.75) is 64.5 Å². The van der Waals surface area contributed by atoms with Gasteiger partial charge in [0, 0.05) is 12.6 Å². The lowest BCUT2D eigenvalue weighted by atomic mass is 9.98. The normalized spacial score (nSPS) is 17.7.